The van der Waals surface area contributed by atoms with E-state index in [9.17, 15) is 9.59 Å². The first-order valence-corrected chi connectivity index (χ1v) is 11.3. The summed E-state index contributed by atoms with van der Waals surface area (Å²) >= 11 is 7.55. The van der Waals surface area contributed by atoms with Gasteiger partial charge in [0.25, 0.3) is 5.91 Å². The van der Waals surface area contributed by atoms with E-state index in [1.807, 2.05) is 55.5 Å². The number of halogens is 1. The van der Waals surface area contributed by atoms with E-state index >= 15 is 0 Å². The molecule has 0 aromatic heterocycles. The molecule has 1 atom stereocenters. The van der Waals surface area contributed by atoms with E-state index in [0.717, 1.165) is 17.0 Å². The first-order chi connectivity index (χ1) is 15.0. The average Bonchev–Trinajstić information content (AvgIpc) is 3.16. The first-order valence-electron chi connectivity index (χ1n) is 9.88. The zero-order chi connectivity index (χ0) is 21.8. The number of nitrogens with zero attached hydrogens (tertiary/aromatic N) is 1. The number of hydrogen-bond donors (Lipinski definition) is 1. The highest BCUT2D eigenvalue weighted by Gasteiger charge is 2.34. The molecule has 1 N–H and O–H groups in total. The Hall–Kier alpha value is -2.96. The van der Waals surface area contributed by atoms with Gasteiger partial charge in [-0.25, -0.2) is 0 Å². The Morgan fingerprint density at radius 3 is 2.65 bits per heavy atom. The van der Waals surface area contributed by atoms with Gasteiger partial charge in [-0.05, 0) is 67.1 Å². The number of anilines is 2. The van der Waals surface area contributed by atoms with Crippen molar-refractivity contribution in [1.29, 1.82) is 0 Å². The van der Waals surface area contributed by atoms with Crippen molar-refractivity contribution in [2.75, 3.05) is 22.6 Å². The Kier molecular flexibility index (Phi) is 6.49. The molecule has 2 amide bonds. The van der Waals surface area contributed by atoms with E-state index in [4.69, 9.17) is 16.3 Å². The molecule has 4 rings (SSSR count). The van der Waals surface area contributed by atoms with Crippen LogP contribution in [0.4, 0.5) is 11.4 Å². The average molecular weight is 453 g/mol. The maximum atomic E-state index is 12.6. The van der Waals surface area contributed by atoms with E-state index in [1.54, 1.807) is 40.9 Å². The second kappa shape index (κ2) is 9.45. The fourth-order valence-corrected chi connectivity index (χ4v) is 4.78. The molecule has 1 unspecified atom stereocenters. The van der Waals surface area contributed by atoms with Gasteiger partial charge in [0, 0.05) is 22.0 Å². The lowest BCUT2D eigenvalue weighted by atomic mass is 10.1. The molecular weight excluding hydrogens is 432 g/mol. The highest BCUT2D eigenvalue weighted by atomic mass is 35.5. The predicted octanol–water partition coefficient (Wildman–Crippen LogP) is 5.77. The first kappa shape index (κ1) is 21.3. The molecule has 158 valence electrons. The second-order valence-corrected chi connectivity index (χ2v) is 8.45. The van der Waals surface area contributed by atoms with E-state index in [0.29, 0.717) is 28.6 Å². The summed E-state index contributed by atoms with van der Waals surface area (Å²) < 4.78 is 5.50. The molecule has 0 radical (unpaired) electrons. The van der Waals surface area contributed by atoms with Gasteiger partial charge in [0.1, 0.15) is 11.1 Å². The quantitative estimate of drug-likeness (QED) is 0.515. The number of carbonyl (C=O) groups is 2. The molecule has 5 nitrogen and oxygen atoms in total. The van der Waals surface area contributed by atoms with Crippen molar-refractivity contribution < 1.29 is 14.3 Å². The van der Waals surface area contributed by atoms with Crippen LogP contribution in [0.3, 0.4) is 0 Å². The topological polar surface area (TPSA) is 58.6 Å². The summed E-state index contributed by atoms with van der Waals surface area (Å²) in [7, 11) is 0. The van der Waals surface area contributed by atoms with Crippen LogP contribution in [0, 0.1) is 0 Å². The molecule has 0 spiro atoms. The monoisotopic (exact) mass is 452 g/mol. The maximum absolute atomic E-state index is 12.6. The van der Waals surface area contributed by atoms with E-state index in [1.165, 1.54) is 0 Å². The molecule has 1 aliphatic heterocycles. The number of benzene rings is 3. The lowest BCUT2D eigenvalue weighted by Crippen LogP contribution is -2.27. The molecule has 1 saturated heterocycles. The smallest absolute Gasteiger partial charge is 0.255 e. The minimum Gasteiger partial charge on any atom is -0.494 e. The summed E-state index contributed by atoms with van der Waals surface area (Å²) in [5, 5.41) is 3.24. The molecule has 0 aliphatic carbocycles. The summed E-state index contributed by atoms with van der Waals surface area (Å²) in [5.74, 6) is 0.982. The maximum Gasteiger partial charge on any atom is 0.255 e. The van der Waals surface area contributed by atoms with Gasteiger partial charge in [-0.1, -0.05) is 29.8 Å². The number of rotatable bonds is 6. The van der Waals surface area contributed by atoms with Gasteiger partial charge in [0.05, 0.1) is 12.4 Å². The van der Waals surface area contributed by atoms with Gasteiger partial charge in [0.15, 0.2) is 0 Å². The molecule has 3 aromatic carbocycles. The van der Waals surface area contributed by atoms with Crippen LogP contribution in [0.5, 0.6) is 5.75 Å². The summed E-state index contributed by atoms with van der Waals surface area (Å²) in [5.41, 5.74) is 2.90. The Labute approximate surface area is 190 Å². The number of nitrogens with one attached hydrogen (secondary N) is 1. The minimum atomic E-state index is -0.238. The Bertz CT molecular complexity index is 1100. The minimum absolute atomic E-state index is 0.0486. The van der Waals surface area contributed by atoms with Crippen LogP contribution in [0.1, 0.15) is 28.2 Å². The van der Waals surface area contributed by atoms with Crippen LogP contribution in [0.25, 0.3) is 0 Å². The number of hydrogen-bond acceptors (Lipinski definition) is 4. The van der Waals surface area contributed by atoms with Crippen molar-refractivity contribution in [2.45, 2.75) is 12.3 Å². The third kappa shape index (κ3) is 4.86. The fourth-order valence-electron chi connectivity index (χ4n) is 3.42. The number of thioether (sulfide) groups is 1. The molecule has 1 aliphatic rings. The normalized spacial score (nSPS) is 15.7. The fraction of sp³-hybridized carbons (Fsp3) is 0.167. The van der Waals surface area contributed by atoms with Crippen molar-refractivity contribution in [3.63, 3.8) is 0 Å². The number of ether oxygens (including phenoxy) is 1. The van der Waals surface area contributed by atoms with Crippen molar-refractivity contribution in [3.05, 3.63) is 88.9 Å². The van der Waals surface area contributed by atoms with Gasteiger partial charge < -0.3 is 10.1 Å². The SMILES string of the molecule is CCOc1ccc(N2C(=O)CSC2c2cccc(NC(=O)c3cccc(Cl)c3)c2)cc1. The van der Waals surface area contributed by atoms with Crippen LogP contribution >= 0.6 is 23.4 Å². The molecule has 1 heterocycles. The molecule has 1 fully saturated rings. The standard InChI is InChI=1S/C24H21ClN2O3S/c1-2-30-21-11-9-20(10-12-21)27-22(28)15-31-24(27)17-6-4-8-19(14-17)26-23(29)16-5-3-7-18(25)13-16/h3-14,24H,2,15H2,1H3,(H,26,29). The van der Waals surface area contributed by atoms with E-state index in [2.05, 4.69) is 5.32 Å². The van der Waals surface area contributed by atoms with Crippen molar-refractivity contribution >= 4 is 46.6 Å². The Balaban J connectivity index is 1.55. The zero-order valence-corrected chi connectivity index (χ0v) is 18.5. The largest absolute Gasteiger partial charge is 0.494 e. The summed E-state index contributed by atoms with van der Waals surface area (Å²) in [6, 6.07) is 21.9. The molecular formula is C24H21ClN2O3S. The predicted molar refractivity (Wildman–Crippen MR) is 126 cm³/mol. The third-order valence-electron chi connectivity index (χ3n) is 4.81. The van der Waals surface area contributed by atoms with E-state index < -0.39 is 0 Å². The molecule has 0 saturated carbocycles. The molecule has 0 bridgehead atoms. The molecule has 7 heteroatoms. The third-order valence-corrected chi connectivity index (χ3v) is 6.26. The Morgan fingerprint density at radius 1 is 1.13 bits per heavy atom. The van der Waals surface area contributed by atoms with Crippen LogP contribution in [0.2, 0.25) is 5.02 Å². The van der Waals surface area contributed by atoms with E-state index in [-0.39, 0.29) is 17.2 Å². The number of amides is 2. The van der Waals surface area contributed by atoms with Crippen molar-refractivity contribution in [3.8, 4) is 5.75 Å². The highest BCUT2D eigenvalue weighted by Crippen LogP contribution is 2.42. The summed E-state index contributed by atoms with van der Waals surface area (Å²) in [4.78, 5) is 27.0. The number of carbonyl (C=O) groups excluding carboxylic acids is 2. The molecule has 31 heavy (non-hydrogen) atoms. The van der Waals surface area contributed by atoms with Crippen LogP contribution in [0.15, 0.2) is 72.8 Å². The Morgan fingerprint density at radius 2 is 1.90 bits per heavy atom. The lowest BCUT2D eigenvalue weighted by molar-refractivity contribution is -0.115. The van der Waals surface area contributed by atoms with Crippen molar-refractivity contribution in [1.82, 2.24) is 0 Å². The van der Waals surface area contributed by atoms with Gasteiger partial charge in [0.2, 0.25) is 5.91 Å². The highest BCUT2D eigenvalue weighted by molar-refractivity contribution is 8.00. The van der Waals surface area contributed by atoms with Gasteiger partial charge in [-0.15, -0.1) is 11.8 Å². The lowest BCUT2D eigenvalue weighted by Gasteiger charge is -2.25. The van der Waals surface area contributed by atoms with Gasteiger partial charge in [-0.3, -0.25) is 14.5 Å². The second-order valence-electron chi connectivity index (χ2n) is 6.94. The zero-order valence-electron chi connectivity index (χ0n) is 16.9. The molecule has 3 aromatic rings. The van der Waals surface area contributed by atoms with Gasteiger partial charge >= 0.3 is 0 Å². The van der Waals surface area contributed by atoms with Crippen LogP contribution in [-0.2, 0) is 4.79 Å². The summed E-state index contributed by atoms with van der Waals surface area (Å²) in [6.07, 6.45) is 0. The summed E-state index contributed by atoms with van der Waals surface area (Å²) in [6.45, 7) is 2.52. The van der Waals surface area contributed by atoms with Gasteiger partial charge in [-0.2, -0.15) is 0 Å². The van der Waals surface area contributed by atoms with Crippen molar-refractivity contribution in [2.24, 2.45) is 0 Å². The van der Waals surface area contributed by atoms with Crippen LogP contribution < -0.4 is 15.0 Å². The van der Waals surface area contributed by atoms with Crippen LogP contribution in [-0.4, -0.2) is 24.2 Å².